The van der Waals surface area contributed by atoms with Crippen LogP contribution < -0.4 is 0 Å². The van der Waals surface area contributed by atoms with E-state index < -0.39 is 0 Å². The van der Waals surface area contributed by atoms with Gasteiger partial charge in [-0.1, -0.05) is 15.9 Å². The average Bonchev–Trinajstić information content (AvgIpc) is 2.29. The summed E-state index contributed by atoms with van der Waals surface area (Å²) in [4.78, 5) is 0. The van der Waals surface area contributed by atoms with Crippen molar-refractivity contribution in [1.82, 2.24) is 0 Å². The van der Waals surface area contributed by atoms with Crippen molar-refractivity contribution in [3.8, 4) is 0 Å². The SMILES string of the molecule is BrCC1COC2(CCC2)O1. The summed E-state index contributed by atoms with van der Waals surface area (Å²) in [6, 6.07) is 0. The van der Waals surface area contributed by atoms with Gasteiger partial charge in [0.05, 0.1) is 12.7 Å². The van der Waals surface area contributed by atoms with E-state index in [9.17, 15) is 0 Å². The molecule has 0 aromatic heterocycles. The highest BCUT2D eigenvalue weighted by Gasteiger charge is 2.45. The van der Waals surface area contributed by atoms with Crippen LogP contribution in [0.2, 0.25) is 0 Å². The van der Waals surface area contributed by atoms with Crippen LogP contribution in [0.15, 0.2) is 0 Å². The zero-order chi connectivity index (χ0) is 7.03. The first-order chi connectivity index (χ1) is 4.85. The van der Waals surface area contributed by atoms with Crippen molar-refractivity contribution >= 4 is 15.9 Å². The monoisotopic (exact) mass is 206 g/mol. The maximum Gasteiger partial charge on any atom is 0.168 e. The first-order valence-corrected chi connectivity index (χ1v) is 4.84. The van der Waals surface area contributed by atoms with Crippen LogP contribution in [0.4, 0.5) is 0 Å². The van der Waals surface area contributed by atoms with Gasteiger partial charge in [0.25, 0.3) is 0 Å². The van der Waals surface area contributed by atoms with E-state index in [1.54, 1.807) is 0 Å². The van der Waals surface area contributed by atoms with Gasteiger partial charge in [-0.15, -0.1) is 0 Å². The highest BCUT2D eigenvalue weighted by molar-refractivity contribution is 9.09. The molecule has 0 aromatic carbocycles. The number of alkyl halides is 1. The summed E-state index contributed by atoms with van der Waals surface area (Å²) >= 11 is 3.38. The molecule has 3 heteroatoms. The smallest absolute Gasteiger partial charge is 0.168 e. The van der Waals surface area contributed by atoms with Gasteiger partial charge in [-0.25, -0.2) is 0 Å². The fraction of sp³-hybridized carbons (Fsp3) is 1.00. The lowest BCUT2D eigenvalue weighted by Crippen LogP contribution is -2.38. The van der Waals surface area contributed by atoms with Gasteiger partial charge in [0.2, 0.25) is 0 Å². The zero-order valence-corrected chi connectivity index (χ0v) is 7.39. The predicted octanol–water partition coefficient (Wildman–Crippen LogP) is 1.68. The molecular formula is C7H11BrO2. The molecule has 1 heterocycles. The summed E-state index contributed by atoms with van der Waals surface area (Å²) in [5.41, 5.74) is 0. The second-order valence-corrected chi connectivity index (χ2v) is 3.62. The number of hydrogen-bond acceptors (Lipinski definition) is 2. The predicted molar refractivity (Wildman–Crippen MR) is 41.2 cm³/mol. The van der Waals surface area contributed by atoms with Crippen LogP contribution in [0.1, 0.15) is 19.3 Å². The van der Waals surface area contributed by atoms with Crippen molar-refractivity contribution in [1.29, 1.82) is 0 Å². The first kappa shape index (κ1) is 7.07. The molecule has 1 saturated heterocycles. The molecule has 2 fully saturated rings. The van der Waals surface area contributed by atoms with Crippen molar-refractivity contribution in [3.05, 3.63) is 0 Å². The minimum absolute atomic E-state index is 0.140. The van der Waals surface area contributed by atoms with Crippen LogP contribution in [0.25, 0.3) is 0 Å². The molecule has 1 spiro atoms. The highest BCUT2D eigenvalue weighted by Crippen LogP contribution is 2.41. The van der Waals surface area contributed by atoms with E-state index in [4.69, 9.17) is 9.47 Å². The van der Waals surface area contributed by atoms with Crippen LogP contribution in [0, 0.1) is 0 Å². The molecule has 0 aromatic rings. The Kier molecular flexibility index (Phi) is 1.74. The van der Waals surface area contributed by atoms with Crippen molar-refractivity contribution in [2.45, 2.75) is 31.2 Å². The molecule has 1 saturated carbocycles. The van der Waals surface area contributed by atoms with Gasteiger partial charge in [0, 0.05) is 18.2 Å². The molecule has 2 nitrogen and oxygen atoms in total. The quantitative estimate of drug-likeness (QED) is 0.609. The van der Waals surface area contributed by atoms with E-state index in [0.29, 0.717) is 6.10 Å². The fourth-order valence-electron chi connectivity index (χ4n) is 1.42. The fourth-order valence-corrected chi connectivity index (χ4v) is 1.74. The molecule has 0 amide bonds. The van der Waals surface area contributed by atoms with E-state index in [2.05, 4.69) is 15.9 Å². The van der Waals surface area contributed by atoms with Gasteiger partial charge in [0.1, 0.15) is 0 Å². The Bertz CT molecular complexity index is 134. The summed E-state index contributed by atoms with van der Waals surface area (Å²) in [6.45, 7) is 0.769. The van der Waals surface area contributed by atoms with Crippen molar-refractivity contribution in [3.63, 3.8) is 0 Å². The number of hydrogen-bond donors (Lipinski definition) is 0. The van der Waals surface area contributed by atoms with Crippen LogP contribution in [0.5, 0.6) is 0 Å². The van der Waals surface area contributed by atoms with E-state index in [0.717, 1.165) is 24.8 Å². The maximum atomic E-state index is 5.66. The van der Waals surface area contributed by atoms with E-state index in [1.165, 1.54) is 6.42 Å². The molecular weight excluding hydrogens is 196 g/mol. The molecule has 0 N–H and O–H groups in total. The van der Waals surface area contributed by atoms with Crippen molar-refractivity contribution < 1.29 is 9.47 Å². The van der Waals surface area contributed by atoms with Gasteiger partial charge in [-0.2, -0.15) is 0 Å². The Morgan fingerprint density at radius 2 is 2.30 bits per heavy atom. The lowest BCUT2D eigenvalue weighted by Gasteiger charge is -2.35. The number of rotatable bonds is 1. The maximum absolute atomic E-state index is 5.66. The normalized spacial score (nSPS) is 36.3. The van der Waals surface area contributed by atoms with Crippen LogP contribution >= 0.6 is 15.9 Å². The Morgan fingerprint density at radius 3 is 2.60 bits per heavy atom. The Labute approximate surface area is 69.0 Å². The Morgan fingerprint density at radius 1 is 1.50 bits per heavy atom. The minimum Gasteiger partial charge on any atom is -0.347 e. The summed E-state index contributed by atoms with van der Waals surface area (Å²) in [5, 5.41) is 0.898. The summed E-state index contributed by atoms with van der Waals surface area (Å²) in [5.74, 6) is -0.140. The number of halogens is 1. The van der Waals surface area contributed by atoms with Crippen LogP contribution in [-0.4, -0.2) is 23.8 Å². The summed E-state index contributed by atoms with van der Waals surface area (Å²) in [7, 11) is 0. The molecule has 2 rings (SSSR count). The van der Waals surface area contributed by atoms with Gasteiger partial charge in [-0.05, 0) is 6.42 Å². The lowest BCUT2D eigenvalue weighted by molar-refractivity contribution is -0.213. The van der Waals surface area contributed by atoms with Crippen LogP contribution in [-0.2, 0) is 9.47 Å². The van der Waals surface area contributed by atoms with Crippen molar-refractivity contribution in [2.75, 3.05) is 11.9 Å². The van der Waals surface area contributed by atoms with E-state index in [-0.39, 0.29) is 5.79 Å². The lowest BCUT2D eigenvalue weighted by atomic mass is 9.91. The van der Waals surface area contributed by atoms with E-state index >= 15 is 0 Å². The molecule has 10 heavy (non-hydrogen) atoms. The molecule has 0 bridgehead atoms. The van der Waals surface area contributed by atoms with Gasteiger partial charge >= 0.3 is 0 Å². The van der Waals surface area contributed by atoms with Gasteiger partial charge in [-0.3, -0.25) is 0 Å². The Balaban J connectivity index is 1.92. The Hall–Kier alpha value is 0.400. The first-order valence-electron chi connectivity index (χ1n) is 3.72. The third-order valence-corrected chi connectivity index (χ3v) is 2.92. The largest absolute Gasteiger partial charge is 0.347 e. The molecule has 0 radical (unpaired) electrons. The molecule has 2 aliphatic rings. The average molecular weight is 207 g/mol. The minimum atomic E-state index is -0.140. The second-order valence-electron chi connectivity index (χ2n) is 2.97. The van der Waals surface area contributed by atoms with E-state index in [1.807, 2.05) is 0 Å². The van der Waals surface area contributed by atoms with Crippen LogP contribution in [0.3, 0.4) is 0 Å². The molecule has 58 valence electrons. The number of ether oxygens (including phenoxy) is 2. The third-order valence-electron chi connectivity index (χ3n) is 2.20. The second kappa shape index (κ2) is 2.47. The standard InChI is InChI=1S/C7H11BrO2/c8-4-6-5-9-7(10-6)2-1-3-7/h6H,1-5H2. The molecule has 1 aliphatic heterocycles. The molecule has 1 aliphatic carbocycles. The third kappa shape index (κ3) is 1.00. The summed E-state index contributed by atoms with van der Waals surface area (Å²) in [6.07, 6.45) is 3.74. The molecule has 1 unspecified atom stereocenters. The van der Waals surface area contributed by atoms with Gasteiger partial charge in [0.15, 0.2) is 5.79 Å². The zero-order valence-electron chi connectivity index (χ0n) is 5.81. The molecule has 1 atom stereocenters. The topological polar surface area (TPSA) is 18.5 Å². The van der Waals surface area contributed by atoms with Crippen molar-refractivity contribution in [2.24, 2.45) is 0 Å². The summed E-state index contributed by atoms with van der Waals surface area (Å²) < 4.78 is 11.2. The van der Waals surface area contributed by atoms with Gasteiger partial charge < -0.3 is 9.47 Å². The highest BCUT2D eigenvalue weighted by atomic mass is 79.9.